The van der Waals surface area contributed by atoms with Crippen molar-refractivity contribution < 1.29 is 88.6 Å². The maximum absolute atomic E-state index is 12.2. The topological polar surface area (TPSA) is 344 Å². The summed E-state index contributed by atoms with van der Waals surface area (Å²) in [6, 6.07) is 6.30. The van der Waals surface area contributed by atoms with Crippen LogP contribution in [0.1, 0.15) is 75.3 Å². The number of esters is 2. The Kier molecular flexibility index (Phi) is 44.8. The molecule has 0 spiro atoms. The Morgan fingerprint density at radius 1 is 0.581 bits per heavy atom. The quantitative estimate of drug-likeness (QED) is 0.0145. The van der Waals surface area contributed by atoms with Crippen LogP contribution in [0.5, 0.6) is 0 Å². The van der Waals surface area contributed by atoms with Gasteiger partial charge >= 0.3 is 24.1 Å². The molecule has 2 amide bonds. The molecule has 2 N–H and O–H groups in total. The van der Waals surface area contributed by atoms with Gasteiger partial charge in [0.2, 0.25) is 0 Å². The van der Waals surface area contributed by atoms with Crippen LogP contribution in [0.3, 0.4) is 0 Å². The second kappa shape index (κ2) is 45.3. The van der Waals surface area contributed by atoms with Crippen LogP contribution in [0.15, 0.2) is 39.4 Å². The second-order valence-corrected chi connectivity index (χ2v) is 18.3. The first-order valence-corrected chi connectivity index (χ1v) is 24.5. The van der Waals surface area contributed by atoms with Gasteiger partial charge in [-0.3, -0.25) is 4.18 Å². The molecule has 0 aliphatic carbocycles. The van der Waals surface area contributed by atoms with Gasteiger partial charge in [0.1, 0.15) is 49.8 Å². The van der Waals surface area contributed by atoms with Crippen LogP contribution in [-0.4, -0.2) is 194 Å². The van der Waals surface area contributed by atoms with Crippen LogP contribution in [0.2, 0.25) is 0 Å². The molecule has 0 aliphatic rings. The highest BCUT2D eigenvalue weighted by molar-refractivity contribution is 7.86. The number of hydrogen-bond acceptors (Lipinski definition) is 21. The number of rotatable bonds is 39. The standard InChI is InChI=1S/C25H40N4O11S.C19H36N4O8.2CH4/c1-20-5-7-22(8-6-20)41(32,33)39-16-14-34-13-15-37-21(18-38-23(30)19-36-12-10-28-29-26)17-35-11-9-27-24(31)40-25(2,3)4;1-5-8-26-11-12-29-16(14-30-17(24)15-28-10-7-22-23-20)13-27-9-6-21-18(25)31-19(2,3)4;;/h5-8,21H,9-19H2,1-4H3,(H,27,31);16H,5-15H2,1-4H3,(H,21,25);2*1H4/t21-;16-;;/m11../s1. The fourth-order valence-corrected chi connectivity index (χ4v) is 5.63. The van der Waals surface area contributed by atoms with Crippen LogP contribution in [-0.2, 0) is 80.7 Å². The predicted octanol–water partition coefficient (Wildman–Crippen LogP) is 6.00. The minimum atomic E-state index is -3.88. The molecule has 27 nitrogen and oxygen atoms in total. The van der Waals surface area contributed by atoms with Gasteiger partial charge in [0.05, 0.1) is 84.2 Å². The van der Waals surface area contributed by atoms with Crippen molar-refractivity contribution in [1.82, 2.24) is 10.6 Å². The highest BCUT2D eigenvalue weighted by atomic mass is 32.2. The van der Waals surface area contributed by atoms with E-state index in [9.17, 15) is 27.6 Å². The molecule has 1 aromatic carbocycles. The van der Waals surface area contributed by atoms with E-state index >= 15 is 0 Å². The molecule has 28 heteroatoms. The summed E-state index contributed by atoms with van der Waals surface area (Å²) in [5.41, 5.74) is 16.1. The number of amides is 2. The zero-order valence-corrected chi connectivity index (χ0v) is 43.7. The summed E-state index contributed by atoms with van der Waals surface area (Å²) in [5.74, 6) is -1.21. The molecule has 1 aromatic rings. The molecule has 2 atom stereocenters. The lowest BCUT2D eigenvalue weighted by Crippen LogP contribution is -2.35. The smallest absolute Gasteiger partial charge is 0.407 e. The Morgan fingerprint density at radius 3 is 1.41 bits per heavy atom. The van der Waals surface area contributed by atoms with Gasteiger partial charge in [-0.05, 0) is 78.1 Å². The number of hydrogen-bond donors (Lipinski definition) is 2. The molecular weight excluding hydrogens is 1000 g/mol. The number of azide groups is 2. The van der Waals surface area contributed by atoms with Gasteiger partial charge in [0.25, 0.3) is 10.1 Å². The van der Waals surface area contributed by atoms with Crippen molar-refractivity contribution in [2.75, 3.05) is 138 Å². The molecule has 0 saturated heterocycles. The van der Waals surface area contributed by atoms with Gasteiger partial charge in [-0.15, -0.1) is 0 Å². The summed E-state index contributed by atoms with van der Waals surface area (Å²) in [6.07, 6.45) is -1.35. The van der Waals surface area contributed by atoms with E-state index in [0.29, 0.717) is 19.8 Å². The van der Waals surface area contributed by atoms with Crippen molar-refractivity contribution in [2.45, 2.75) is 105 Å². The number of aryl methyl sites for hydroxylation is 1. The molecule has 0 fully saturated rings. The number of alkyl carbamates (subject to hydrolysis) is 2. The number of nitrogens with one attached hydrogen (secondary N) is 2. The molecule has 0 aromatic heterocycles. The Labute approximate surface area is 436 Å². The number of benzene rings is 1. The third-order valence-electron chi connectivity index (χ3n) is 7.82. The first-order chi connectivity index (χ1) is 34.2. The van der Waals surface area contributed by atoms with Crippen molar-refractivity contribution in [3.05, 3.63) is 50.7 Å². The third-order valence-corrected chi connectivity index (χ3v) is 9.15. The van der Waals surface area contributed by atoms with Crippen molar-refractivity contribution in [1.29, 1.82) is 0 Å². The Balaban J connectivity index is -0.00000138. The Bertz CT molecular complexity index is 1840. The van der Waals surface area contributed by atoms with Crippen molar-refractivity contribution in [2.24, 2.45) is 10.2 Å². The van der Waals surface area contributed by atoms with Crippen molar-refractivity contribution in [3.63, 3.8) is 0 Å². The molecule has 428 valence electrons. The normalized spacial score (nSPS) is 11.8. The lowest BCUT2D eigenvalue weighted by atomic mass is 10.2. The Morgan fingerprint density at radius 2 is 1.00 bits per heavy atom. The molecule has 0 bridgehead atoms. The van der Waals surface area contributed by atoms with Gasteiger partial charge < -0.3 is 67.5 Å². The number of nitrogens with zero attached hydrogens (tertiary/aromatic N) is 6. The van der Waals surface area contributed by atoms with E-state index in [-0.39, 0.29) is 138 Å². The highest BCUT2D eigenvalue weighted by Crippen LogP contribution is 2.13. The van der Waals surface area contributed by atoms with E-state index in [1.807, 2.05) is 13.8 Å². The first-order valence-electron chi connectivity index (χ1n) is 23.1. The minimum absolute atomic E-state index is 0. The molecular formula is C46H84N8O19S. The van der Waals surface area contributed by atoms with Gasteiger partial charge in [-0.2, -0.15) is 8.42 Å². The molecule has 1 rings (SSSR count). The molecule has 0 heterocycles. The zero-order chi connectivity index (χ0) is 53.9. The summed E-state index contributed by atoms with van der Waals surface area (Å²) in [6.45, 7) is 16.6. The monoisotopic (exact) mass is 1080 g/mol. The van der Waals surface area contributed by atoms with Crippen LogP contribution in [0.25, 0.3) is 20.9 Å². The summed E-state index contributed by atoms with van der Waals surface area (Å²) in [5, 5.41) is 11.7. The Hall–Kier alpha value is -5.09. The fraction of sp³-hybridized carbons (Fsp3) is 0.783. The highest BCUT2D eigenvalue weighted by Gasteiger charge is 2.19. The van der Waals surface area contributed by atoms with Crippen LogP contribution >= 0.6 is 0 Å². The van der Waals surface area contributed by atoms with E-state index in [4.69, 9.17) is 72.1 Å². The van der Waals surface area contributed by atoms with E-state index in [0.717, 1.165) is 12.0 Å². The van der Waals surface area contributed by atoms with Crippen molar-refractivity contribution >= 4 is 34.2 Å². The molecule has 74 heavy (non-hydrogen) atoms. The fourth-order valence-electron chi connectivity index (χ4n) is 4.73. The molecule has 0 saturated carbocycles. The minimum Gasteiger partial charge on any atom is -0.461 e. The molecule has 0 aliphatic heterocycles. The molecule has 0 unspecified atom stereocenters. The van der Waals surface area contributed by atoms with Gasteiger partial charge in [0, 0.05) is 42.6 Å². The average Bonchev–Trinajstić information content (AvgIpc) is 3.30. The number of ether oxygens (including phenoxy) is 12. The van der Waals surface area contributed by atoms with Crippen LogP contribution < -0.4 is 10.6 Å². The van der Waals surface area contributed by atoms with E-state index in [1.165, 1.54) is 12.1 Å². The maximum atomic E-state index is 12.2. The maximum Gasteiger partial charge on any atom is 0.407 e. The number of carbonyl (C=O) groups excluding carboxylic acids is 4. The summed E-state index contributed by atoms with van der Waals surface area (Å²) < 4.78 is 93.1. The van der Waals surface area contributed by atoms with Crippen LogP contribution in [0.4, 0.5) is 9.59 Å². The van der Waals surface area contributed by atoms with Gasteiger partial charge in [-0.25, -0.2) is 19.2 Å². The van der Waals surface area contributed by atoms with E-state index in [2.05, 4.69) is 30.7 Å². The SMILES string of the molecule is C.C.CCCOCCO[C@H](COCCNC(=O)OC(C)(C)C)COC(=O)COCCN=[N+]=[N-].Cc1ccc(S(=O)(=O)OCCOCCO[C@H](COCCNC(=O)OC(C)(C)C)COC(=O)COCCN=[N+]=[N-])cc1. The average molecular weight is 1090 g/mol. The first kappa shape index (κ1) is 73.2. The summed E-state index contributed by atoms with van der Waals surface area (Å²) in [4.78, 5) is 52.1. The van der Waals surface area contributed by atoms with Gasteiger partial charge in [0.15, 0.2) is 0 Å². The summed E-state index contributed by atoms with van der Waals surface area (Å²) >= 11 is 0. The van der Waals surface area contributed by atoms with E-state index < -0.39 is 57.7 Å². The summed E-state index contributed by atoms with van der Waals surface area (Å²) in [7, 11) is -3.88. The number of carbonyl (C=O) groups is 4. The largest absolute Gasteiger partial charge is 0.461 e. The second-order valence-electron chi connectivity index (χ2n) is 16.7. The van der Waals surface area contributed by atoms with E-state index in [1.54, 1.807) is 53.7 Å². The zero-order valence-electron chi connectivity index (χ0n) is 42.9. The third kappa shape index (κ3) is 46.7. The lowest BCUT2D eigenvalue weighted by Gasteiger charge is -2.20. The van der Waals surface area contributed by atoms with Crippen molar-refractivity contribution in [3.8, 4) is 0 Å². The predicted molar refractivity (Wildman–Crippen MR) is 271 cm³/mol. The van der Waals surface area contributed by atoms with Crippen LogP contribution in [0, 0.1) is 6.92 Å². The molecule has 0 radical (unpaired) electrons. The van der Waals surface area contributed by atoms with Gasteiger partial charge in [-0.1, -0.05) is 49.7 Å². The lowest BCUT2D eigenvalue weighted by molar-refractivity contribution is -0.156.